The molecule has 0 amide bonds. The third-order valence-electron chi connectivity index (χ3n) is 2.48. The van der Waals surface area contributed by atoms with Gasteiger partial charge in [-0.15, -0.1) is 0 Å². The minimum Gasteiger partial charge on any atom is -0.481 e. The molecule has 2 aromatic carbocycles. The van der Waals surface area contributed by atoms with Crippen LogP contribution in [0.25, 0.3) is 0 Å². The van der Waals surface area contributed by atoms with Crippen molar-refractivity contribution in [3.63, 3.8) is 0 Å². The van der Waals surface area contributed by atoms with Crippen molar-refractivity contribution in [2.75, 3.05) is 6.61 Å². The summed E-state index contributed by atoms with van der Waals surface area (Å²) in [7, 11) is 0. The smallest absolute Gasteiger partial charge is 0.344 e. The van der Waals surface area contributed by atoms with Crippen molar-refractivity contribution in [3.8, 4) is 5.75 Å². The van der Waals surface area contributed by atoms with Gasteiger partial charge >= 0.3 is 5.97 Å². The molecule has 0 aromatic heterocycles. The Hall–Kier alpha value is -1.52. The summed E-state index contributed by atoms with van der Waals surface area (Å²) in [5.41, 5.74) is 0.938. The summed E-state index contributed by atoms with van der Waals surface area (Å²) in [6.07, 6.45) is 0. The third kappa shape index (κ3) is 4.54. The van der Waals surface area contributed by atoms with Crippen LogP contribution in [0, 0.1) is 0 Å². The molecule has 0 atom stereocenters. The molecule has 0 heterocycles. The highest BCUT2D eigenvalue weighted by atomic mass is 79.9. The van der Waals surface area contributed by atoms with Crippen LogP contribution < -0.4 is 4.74 Å². The maximum Gasteiger partial charge on any atom is 0.344 e. The zero-order chi connectivity index (χ0) is 14.4. The van der Waals surface area contributed by atoms with Gasteiger partial charge in [-0.25, -0.2) is 4.79 Å². The average Bonchev–Trinajstić information content (AvgIpc) is 2.45. The summed E-state index contributed by atoms with van der Waals surface area (Å²) >= 11 is 9.13. The molecular weight excluding hydrogens is 344 g/mol. The van der Waals surface area contributed by atoms with Crippen LogP contribution in [-0.4, -0.2) is 12.6 Å². The molecule has 0 N–H and O–H groups in total. The van der Waals surface area contributed by atoms with Gasteiger partial charge in [-0.3, -0.25) is 0 Å². The van der Waals surface area contributed by atoms with Crippen LogP contribution in [0.5, 0.6) is 5.75 Å². The zero-order valence-electron chi connectivity index (χ0n) is 10.5. The van der Waals surface area contributed by atoms with Crippen LogP contribution in [-0.2, 0) is 16.1 Å². The van der Waals surface area contributed by atoms with Crippen LogP contribution >= 0.6 is 27.5 Å². The van der Waals surface area contributed by atoms with Crippen molar-refractivity contribution in [1.82, 2.24) is 0 Å². The van der Waals surface area contributed by atoms with E-state index in [1.165, 1.54) is 0 Å². The topological polar surface area (TPSA) is 35.5 Å². The highest BCUT2D eigenvalue weighted by Gasteiger charge is 2.07. The lowest BCUT2D eigenvalue weighted by atomic mass is 10.2. The van der Waals surface area contributed by atoms with Crippen molar-refractivity contribution in [3.05, 3.63) is 63.6 Å². The van der Waals surface area contributed by atoms with Gasteiger partial charge in [0, 0.05) is 5.02 Å². The summed E-state index contributed by atoms with van der Waals surface area (Å²) in [5, 5.41) is 0.593. The number of hydrogen-bond donors (Lipinski definition) is 0. The first-order chi connectivity index (χ1) is 9.65. The molecule has 104 valence electrons. The van der Waals surface area contributed by atoms with Gasteiger partial charge in [0.2, 0.25) is 0 Å². The first kappa shape index (κ1) is 14.9. The number of esters is 1. The molecule has 0 aliphatic rings. The minimum atomic E-state index is -0.421. The number of benzene rings is 2. The normalized spacial score (nSPS) is 10.1. The van der Waals surface area contributed by atoms with Crippen LogP contribution in [0.4, 0.5) is 0 Å². The molecule has 2 rings (SSSR count). The first-order valence-electron chi connectivity index (χ1n) is 5.92. The van der Waals surface area contributed by atoms with Crippen molar-refractivity contribution >= 4 is 33.5 Å². The number of rotatable bonds is 5. The maximum atomic E-state index is 11.6. The Morgan fingerprint density at radius 2 is 1.90 bits per heavy atom. The van der Waals surface area contributed by atoms with Gasteiger partial charge in [0.05, 0.1) is 4.47 Å². The molecule has 2 aromatic rings. The van der Waals surface area contributed by atoms with Crippen molar-refractivity contribution in [2.45, 2.75) is 6.61 Å². The molecule has 0 bridgehead atoms. The van der Waals surface area contributed by atoms with E-state index < -0.39 is 5.97 Å². The molecule has 20 heavy (non-hydrogen) atoms. The Kier molecular flexibility index (Phi) is 5.44. The molecule has 0 aliphatic carbocycles. The van der Waals surface area contributed by atoms with Gasteiger partial charge in [0.25, 0.3) is 0 Å². The molecule has 0 spiro atoms. The molecule has 0 aliphatic heterocycles. The Morgan fingerprint density at radius 1 is 1.15 bits per heavy atom. The number of hydrogen-bond acceptors (Lipinski definition) is 3. The number of halogens is 2. The second-order valence-electron chi connectivity index (χ2n) is 4.01. The number of ether oxygens (including phenoxy) is 2. The Bertz CT molecular complexity index is 587. The summed E-state index contributed by atoms with van der Waals surface area (Å²) < 4.78 is 11.2. The van der Waals surface area contributed by atoms with E-state index in [4.69, 9.17) is 21.1 Å². The molecule has 5 heteroatoms. The lowest BCUT2D eigenvalue weighted by Crippen LogP contribution is -2.14. The summed E-state index contributed by atoms with van der Waals surface area (Å²) in [6.45, 7) is 0.0951. The van der Waals surface area contributed by atoms with Gasteiger partial charge in [0.15, 0.2) is 6.61 Å². The summed E-state index contributed by atoms with van der Waals surface area (Å²) in [4.78, 5) is 11.6. The third-order valence-corrected chi connectivity index (χ3v) is 3.34. The van der Waals surface area contributed by atoms with E-state index in [1.807, 2.05) is 30.3 Å². The summed E-state index contributed by atoms with van der Waals surface area (Å²) in [6, 6.07) is 14.6. The van der Waals surface area contributed by atoms with Gasteiger partial charge in [0.1, 0.15) is 12.4 Å². The van der Waals surface area contributed by atoms with Gasteiger partial charge in [-0.2, -0.15) is 0 Å². The SMILES string of the molecule is O=C(COc1ccc(Cl)cc1Br)OCc1ccccc1. The standard InChI is InChI=1S/C15H12BrClO3/c16-13-8-12(17)6-7-14(13)19-10-15(18)20-9-11-4-2-1-3-5-11/h1-8H,9-10H2. The van der Waals surface area contributed by atoms with Crippen molar-refractivity contribution in [2.24, 2.45) is 0 Å². The zero-order valence-corrected chi connectivity index (χ0v) is 12.9. The number of carbonyl (C=O) groups excluding carboxylic acids is 1. The van der Waals surface area contributed by atoms with E-state index in [-0.39, 0.29) is 13.2 Å². The molecule has 0 saturated heterocycles. The predicted molar refractivity (Wildman–Crippen MR) is 80.9 cm³/mol. The highest BCUT2D eigenvalue weighted by Crippen LogP contribution is 2.27. The lowest BCUT2D eigenvalue weighted by Gasteiger charge is -2.08. The van der Waals surface area contributed by atoms with Crippen LogP contribution in [0.15, 0.2) is 53.0 Å². The van der Waals surface area contributed by atoms with Crippen molar-refractivity contribution in [1.29, 1.82) is 0 Å². The first-order valence-corrected chi connectivity index (χ1v) is 7.09. The van der Waals surface area contributed by atoms with E-state index in [9.17, 15) is 4.79 Å². The molecule has 3 nitrogen and oxygen atoms in total. The Morgan fingerprint density at radius 3 is 2.60 bits per heavy atom. The monoisotopic (exact) mass is 354 g/mol. The highest BCUT2D eigenvalue weighted by molar-refractivity contribution is 9.10. The Labute approximate surface area is 130 Å². The fourth-order valence-corrected chi connectivity index (χ4v) is 2.31. The average molecular weight is 356 g/mol. The van der Waals surface area contributed by atoms with E-state index in [0.717, 1.165) is 5.56 Å². The maximum absolute atomic E-state index is 11.6. The van der Waals surface area contributed by atoms with E-state index in [2.05, 4.69) is 15.9 Å². The molecule has 0 saturated carbocycles. The number of carbonyl (C=O) groups is 1. The Balaban J connectivity index is 1.80. The van der Waals surface area contributed by atoms with E-state index >= 15 is 0 Å². The molecule has 0 fully saturated rings. The second kappa shape index (κ2) is 7.31. The van der Waals surface area contributed by atoms with Gasteiger partial charge in [-0.05, 0) is 39.7 Å². The van der Waals surface area contributed by atoms with Crippen LogP contribution in [0.3, 0.4) is 0 Å². The van der Waals surface area contributed by atoms with E-state index in [0.29, 0.717) is 15.2 Å². The molecule has 0 unspecified atom stereocenters. The minimum absolute atomic E-state index is 0.146. The fraction of sp³-hybridized carbons (Fsp3) is 0.133. The summed E-state index contributed by atoms with van der Waals surface area (Å²) in [5.74, 6) is 0.127. The largest absolute Gasteiger partial charge is 0.481 e. The van der Waals surface area contributed by atoms with Gasteiger partial charge in [-0.1, -0.05) is 41.9 Å². The van der Waals surface area contributed by atoms with Crippen molar-refractivity contribution < 1.29 is 14.3 Å². The van der Waals surface area contributed by atoms with E-state index in [1.54, 1.807) is 18.2 Å². The van der Waals surface area contributed by atoms with Crippen LogP contribution in [0.2, 0.25) is 5.02 Å². The van der Waals surface area contributed by atoms with Crippen LogP contribution in [0.1, 0.15) is 5.56 Å². The predicted octanol–water partition coefficient (Wildman–Crippen LogP) is 4.22. The molecular formula is C15H12BrClO3. The molecule has 0 radical (unpaired) electrons. The quantitative estimate of drug-likeness (QED) is 0.753. The van der Waals surface area contributed by atoms with Gasteiger partial charge < -0.3 is 9.47 Å². The second-order valence-corrected chi connectivity index (χ2v) is 5.30. The lowest BCUT2D eigenvalue weighted by molar-refractivity contribution is -0.147. The fourth-order valence-electron chi connectivity index (χ4n) is 1.51.